The average Bonchev–Trinajstić information content (AvgIpc) is 3.10. The number of hydrogen-bond donors (Lipinski definition) is 1. The van der Waals surface area contributed by atoms with Gasteiger partial charge in [-0.15, -0.1) is 0 Å². The Labute approximate surface area is 128 Å². The summed E-state index contributed by atoms with van der Waals surface area (Å²) in [5.41, 5.74) is -0.927. The van der Waals surface area contributed by atoms with Gasteiger partial charge in [0.2, 0.25) is 5.91 Å². The molecule has 1 spiro atoms. The number of carboxylic acids is 1. The molecule has 1 N–H and O–H groups in total. The van der Waals surface area contributed by atoms with Crippen molar-refractivity contribution in [1.29, 1.82) is 0 Å². The highest BCUT2D eigenvalue weighted by Crippen LogP contribution is 2.58. The number of benzene rings is 1. The molecule has 1 aromatic carbocycles. The molecule has 0 aliphatic carbocycles. The molecule has 2 fully saturated rings. The fourth-order valence-corrected chi connectivity index (χ4v) is 4.11. The van der Waals surface area contributed by atoms with Crippen LogP contribution in [0.15, 0.2) is 42.5 Å². The Bertz CT molecular complexity index is 685. The standard InChI is InChI=1S/C17H17NO4/c1-16(15(20)21)12-7-8-17(22-12)10-18(14(19)13(16)17)9-11-5-3-2-4-6-11/h2-8,12-13H,9-10H2,1H3,(H,20,21)/t12-,13+,16-,17?/m1/s1. The molecule has 5 heteroatoms. The second-order valence-corrected chi connectivity index (χ2v) is 6.55. The fourth-order valence-electron chi connectivity index (χ4n) is 4.11. The molecule has 5 nitrogen and oxygen atoms in total. The maximum Gasteiger partial charge on any atom is 0.313 e. The van der Waals surface area contributed by atoms with Gasteiger partial charge in [0.25, 0.3) is 0 Å². The fraction of sp³-hybridized carbons (Fsp3) is 0.412. The molecule has 4 rings (SSSR count). The second-order valence-electron chi connectivity index (χ2n) is 6.55. The van der Waals surface area contributed by atoms with E-state index >= 15 is 0 Å². The topological polar surface area (TPSA) is 66.8 Å². The minimum atomic E-state index is -1.18. The highest BCUT2D eigenvalue weighted by Gasteiger charge is 2.72. The number of ether oxygens (including phenoxy) is 1. The summed E-state index contributed by atoms with van der Waals surface area (Å²) in [6, 6.07) is 9.71. The van der Waals surface area contributed by atoms with Crippen molar-refractivity contribution in [2.24, 2.45) is 11.3 Å². The zero-order valence-corrected chi connectivity index (χ0v) is 12.2. The predicted octanol–water partition coefficient (Wildman–Crippen LogP) is 1.44. The van der Waals surface area contributed by atoms with Gasteiger partial charge in [0.15, 0.2) is 0 Å². The Morgan fingerprint density at radius 1 is 1.41 bits per heavy atom. The summed E-state index contributed by atoms with van der Waals surface area (Å²) in [5.74, 6) is -1.74. The molecule has 1 amide bonds. The van der Waals surface area contributed by atoms with Crippen molar-refractivity contribution in [3.63, 3.8) is 0 Å². The zero-order chi connectivity index (χ0) is 15.5. The molecule has 0 saturated carbocycles. The van der Waals surface area contributed by atoms with Crippen LogP contribution in [0.3, 0.4) is 0 Å². The first-order valence-electron chi connectivity index (χ1n) is 7.41. The maximum absolute atomic E-state index is 12.8. The third-order valence-corrected chi connectivity index (χ3v) is 5.25. The summed E-state index contributed by atoms with van der Waals surface area (Å²) < 4.78 is 5.94. The number of aliphatic carboxylic acids is 1. The number of amides is 1. The molecule has 0 aromatic heterocycles. The number of fused-ring (bicyclic) bond motifs is 1. The van der Waals surface area contributed by atoms with Crippen LogP contribution >= 0.6 is 0 Å². The van der Waals surface area contributed by atoms with Crippen LogP contribution in [0.5, 0.6) is 0 Å². The van der Waals surface area contributed by atoms with Gasteiger partial charge in [0, 0.05) is 6.54 Å². The number of nitrogens with zero attached hydrogens (tertiary/aromatic N) is 1. The number of likely N-dealkylation sites (tertiary alicyclic amines) is 1. The number of hydrogen-bond acceptors (Lipinski definition) is 3. The molecule has 3 aliphatic rings. The lowest BCUT2D eigenvalue weighted by atomic mass is 9.66. The van der Waals surface area contributed by atoms with Crippen LogP contribution < -0.4 is 0 Å². The van der Waals surface area contributed by atoms with Gasteiger partial charge in [0.1, 0.15) is 11.0 Å². The summed E-state index contributed by atoms with van der Waals surface area (Å²) in [6.45, 7) is 2.52. The lowest BCUT2D eigenvalue weighted by molar-refractivity contribution is -0.156. The Kier molecular flexibility index (Phi) is 2.58. The van der Waals surface area contributed by atoms with Crippen molar-refractivity contribution < 1.29 is 19.4 Å². The highest BCUT2D eigenvalue weighted by atomic mass is 16.5. The van der Waals surface area contributed by atoms with Crippen LogP contribution in [0.2, 0.25) is 0 Å². The summed E-state index contributed by atoms with van der Waals surface area (Å²) in [5, 5.41) is 9.65. The van der Waals surface area contributed by atoms with E-state index in [1.165, 1.54) is 0 Å². The minimum absolute atomic E-state index is 0.124. The molecule has 3 heterocycles. The SMILES string of the molecule is C[C@]1(C(=O)O)[C@@H]2C(=O)N(Cc3ccccc3)CC23C=C[C@H]1O3. The zero-order valence-electron chi connectivity index (χ0n) is 12.2. The van der Waals surface area contributed by atoms with E-state index in [0.29, 0.717) is 13.1 Å². The van der Waals surface area contributed by atoms with Crippen LogP contribution in [0.25, 0.3) is 0 Å². The van der Waals surface area contributed by atoms with Crippen molar-refractivity contribution in [3.8, 4) is 0 Å². The molecular weight excluding hydrogens is 282 g/mol. The van der Waals surface area contributed by atoms with E-state index in [1.807, 2.05) is 36.4 Å². The highest BCUT2D eigenvalue weighted by molar-refractivity contribution is 5.93. The first kappa shape index (κ1) is 13.5. The lowest BCUT2D eigenvalue weighted by Crippen LogP contribution is -2.47. The van der Waals surface area contributed by atoms with Gasteiger partial charge in [0.05, 0.1) is 18.6 Å². The molecule has 2 bridgehead atoms. The lowest BCUT2D eigenvalue weighted by Gasteiger charge is -2.30. The summed E-state index contributed by atoms with van der Waals surface area (Å²) in [4.78, 5) is 26.3. The quantitative estimate of drug-likeness (QED) is 0.858. The van der Waals surface area contributed by atoms with Gasteiger partial charge in [-0.05, 0) is 12.5 Å². The normalized spacial score (nSPS) is 38.6. The summed E-state index contributed by atoms with van der Waals surface area (Å²) in [6.07, 6.45) is 3.16. The minimum Gasteiger partial charge on any atom is -0.481 e. The third kappa shape index (κ3) is 1.52. The Morgan fingerprint density at radius 2 is 2.14 bits per heavy atom. The van der Waals surface area contributed by atoms with Gasteiger partial charge < -0.3 is 14.7 Å². The number of carboxylic acid groups (broad SMARTS) is 1. The van der Waals surface area contributed by atoms with Crippen LogP contribution in [-0.4, -0.2) is 40.1 Å². The van der Waals surface area contributed by atoms with Crippen LogP contribution in [0.1, 0.15) is 12.5 Å². The molecule has 2 saturated heterocycles. The van der Waals surface area contributed by atoms with Gasteiger partial charge in [-0.3, -0.25) is 9.59 Å². The first-order chi connectivity index (χ1) is 10.5. The van der Waals surface area contributed by atoms with Crippen LogP contribution in [0, 0.1) is 11.3 Å². The van der Waals surface area contributed by atoms with Gasteiger partial charge in [-0.1, -0.05) is 42.5 Å². The van der Waals surface area contributed by atoms with E-state index in [1.54, 1.807) is 17.9 Å². The first-order valence-corrected chi connectivity index (χ1v) is 7.41. The van der Waals surface area contributed by atoms with Gasteiger partial charge in [-0.25, -0.2) is 0 Å². The van der Waals surface area contributed by atoms with Crippen molar-refractivity contribution in [2.45, 2.75) is 25.2 Å². The molecule has 4 atom stereocenters. The molecule has 22 heavy (non-hydrogen) atoms. The van der Waals surface area contributed by atoms with Crippen LogP contribution in [-0.2, 0) is 20.9 Å². The summed E-state index contributed by atoms with van der Waals surface area (Å²) >= 11 is 0. The van der Waals surface area contributed by atoms with E-state index in [9.17, 15) is 14.7 Å². The van der Waals surface area contributed by atoms with Gasteiger partial charge in [-0.2, -0.15) is 0 Å². The molecule has 1 aromatic rings. The van der Waals surface area contributed by atoms with E-state index in [-0.39, 0.29) is 5.91 Å². The van der Waals surface area contributed by atoms with Crippen molar-refractivity contribution >= 4 is 11.9 Å². The number of carbonyl (C=O) groups is 2. The second kappa shape index (κ2) is 4.20. The predicted molar refractivity (Wildman–Crippen MR) is 77.8 cm³/mol. The third-order valence-electron chi connectivity index (χ3n) is 5.25. The molecular formula is C17H17NO4. The van der Waals surface area contributed by atoms with Crippen molar-refractivity contribution in [1.82, 2.24) is 4.90 Å². The molecule has 3 aliphatic heterocycles. The molecule has 0 radical (unpaired) electrons. The molecule has 1 unspecified atom stereocenters. The van der Waals surface area contributed by atoms with E-state index in [4.69, 9.17) is 4.74 Å². The molecule has 114 valence electrons. The van der Waals surface area contributed by atoms with Crippen molar-refractivity contribution in [2.75, 3.05) is 6.54 Å². The van der Waals surface area contributed by atoms with E-state index < -0.39 is 29.0 Å². The Hall–Kier alpha value is -2.14. The largest absolute Gasteiger partial charge is 0.481 e. The monoisotopic (exact) mass is 299 g/mol. The smallest absolute Gasteiger partial charge is 0.313 e. The van der Waals surface area contributed by atoms with E-state index in [0.717, 1.165) is 5.56 Å². The number of rotatable bonds is 3. The van der Waals surface area contributed by atoms with Crippen LogP contribution in [0.4, 0.5) is 0 Å². The Balaban J connectivity index is 1.68. The average molecular weight is 299 g/mol. The summed E-state index contributed by atoms with van der Waals surface area (Å²) in [7, 11) is 0. The maximum atomic E-state index is 12.8. The van der Waals surface area contributed by atoms with E-state index in [2.05, 4.69) is 0 Å². The Morgan fingerprint density at radius 3 is 2.82 bits per heavy atom. The van der Waals surface area contributed by atoms with Crippen molar-refractivity contribution in [3.05, 3.63) is 48.0 Å². The van der Waals surface area contributed by atoms with Gasteiger partial charge >= 0.3 is 5.97 Å². The number of carbonyl (C=O) groups excluding carboxylic acids is 1.